The predicted octanol–water partition coefficient (Wildman–Crippen LogP) is 3.68. The van der Waals surface area contributed by atoms with E-state index in [-0.39, 0.29) is 6.03 Å². The van der Waals surface area contributed by atoms with Crippen molar-refractivity contribution >= 4 is 17.7 Å². The molecule has 0 heterocycles. The molecule has 0 saturated carbocycles. The molecule has 2 aromatic carbocycles. The number of ether oxygens (including phenoxy) is 2. The zero-order chi connectivity index (χ0) is 18.9. The number of carbonyl (C=O) groups excluding carboxylic acids is 2. The Morgan fingerprint density at radius 1 is 1.00 bits per heavy atom. The maximum atomic E-state index is 12.0. The van der Waals surface area contributed by atoms with E-state index in [1.807, 2.05) is 32.0 Å². The van der Waals surface area contributed by atoms with Gasteiger partial charge in [0.1, 0.15) is 5.75 Å². The van der Waals surface area contributed by atoms with E-state index in [9.17, 15) is 9.59 Å². The number of para-hydroxylation sites is 2. The van der Waals surface area contributed by atoms with E-state index in [0.29, 0.717) is 30.8 Å². The molecule has 138 valence electrons. The third-order valence-corrected chi connectivity index (χ3v) is 3.84. The van der Waals surface area contributed by atoms with Crippen molar-refractivity contribution in [3.8, 4) is 5.75 Å². The van der Waals surface area contributed by atoms with Crippen molar-refractivity contribution in [2.75, 3.05) is 25.6 Å². The monoisotopic (exact) mass is 356 g/mol. The van der Waals surface area contributed by atoms with Crippen molar-refractivity contribution in [2.45, 2.75) is 20.3 Å². The lowest BCUT2D eigenvalue weighted by atomic mass is 10.1. The fourth-order valence-corrected chi connectivity index (χ4v) is 2.52. The van der Waals surface area contributed by atoms with E-state index in [0.717, 1.165) is 16.9 Å². The van der Waals surface area contributed by atoms with Crippen molar-refractivity contribution in [1.82, 2.24) is 5.32 Å². The molecule has 2 N–H and O–H groups in total. The summed E-state index contributed by atoms with van der Waals surface area (Å²) in [6.45, 7) is 4.97. The molecule has 2 rings (SSSR count). The van der Waals surface area contributed by atoms with Crippen LogP contribution >= 0.6 is 0 Å². The number of methoxy groups -OCH3 is 1. The van der Waals surface area contributed by atoms with Crippen LogP contribution in [0.5, 0.6) is 5.75 Å². The maximum absolute atomic E-state index is 12.0. The van der Waals surface area contributed by atoms with Gasteiger partial charge in [0.2, 0.25) is 0 Å². The van der Waals surface area contributed by atoms with Crippen molar-refractivity contribution in [2.24, 2.45) is 0 Å². The van der Waals surface area contributed by atoms with Gasteiger partial charge < -0.3 is 20.1 Å². The average molecular weight is 356 g/mol. The van der Waals surface area contributed by atoms with Crippen LogP contribution < -0.4 is 15.4 Å². The number of hydrogen-bond acceptors (Lipinski definition) is 4. The lowest BCUT2D eigenvalue weighted by molar-refractivity contribution is 0.0602. The van der Waals surface area contributed by atoms with Crippen molar-refractivity contribution in [3.63, 3.8) is 0 Å². The van der Waals surface area contributed by atoms with Gasteiger partial charge in [0.05, 0.1) is 25.0 Å². The largest absolute Gasteiger partial charge is 0.493 e. The van der Waals surface area contributed by atoms with Gasteiger partial charge in [-0.3, -0.25) is 0 Å². The SMILES string of the molecule is COC(=O)c1ccccc1NC(=O)NCCCOc1c(C)cccc1C. The summed E-state index contributed by atoms with van der Waals surface area (Å²) in [4.78, 5) is 23.7. The summed E-state index contributed by atoms with van der Waals surface area (Å²) in [5, 5.41) is 5.41. The van der Waals surface area contributed by atoms with Gasteiger partial charge in [-0.2, -0.15) is 0 Å². The summed E-state index contributed by atoms with van der Waals surface area (Å²) < 4.78 is 10.5. The Balaban J connectivity index is 1.77. The molecule has 2 amide bonds. The lowest BCUT2D eigenvalue weighted by Gasteiger charge is -2.13. The van der Waals surface area contributed by atoms with Crippen LogP contribution in [0.15, 0.2) is 42.5 Å². The van der Waals surface area contributed by atoms with Gasteiger partial charge in [-0.25, -0.2) is 9.59 Å². The van der Waals surface area contributed by atoms with E-state index >= 15 is 0 Å². The fraction of sp³-hybridized carbons (Fsp3) is 0.300. The molecule has 0 saturated heterocycles. The molecule has 0 aliphatic carbocycles. The van der Waals surface area contributed by atoms with Crippen LogP contribution in [0.4, 0.5) is 10.5 Å². The quantitative estimate of drug-likeness (QED) is 0.586. The number of anilines is 1. The van der Waals surface area contributed by atoms with Gasteiger partial charge in [0, 0.05) is 6.54 Å². The van der Waals surface area contributed by atoms with Gasteiger partial charge >= 0.3 is 12.0 Å². The third-order valence-electron chi connectivity index (χ3n) is 3.84. The van der Waals surface area contributed by atoms with Crippen LogP contribution in [-0.4, -0.2) is 32.3 Å². The van der Waals surface area contributed by atoms with Crippen LogP contribution in [0.2, 0.25) is 0 Å². The highest BCUT2D eigenvalue weighted by molar-refractivity contribution is 6.00. The zero-order valence-corrected chi connectivity index (χ0v) is 15.3. The topological polar surface area (TPSA) is 76.7 Å². The molecule has 0 spiro atoms. The molecule has 0 aliphatic heterocycles. The van der Waals surface area contributed by atoms with Gasteiger partial charge in [-0.15, -0.1) is 0 Å². The Kier molecular flexibility index (Phi) is 7.02. The van der Waals surface area contributed by atoms with Crippen LogP contribution in [0.3, 0.4) is 0 Å². The number of esters is 1. The Morgan fingerprint density at radius 3 is 2.38 bits per heavy atom. The summed E-state index contributed by atoms with van der Waals surface area (Å²) in [5.41, 5.74) is 2.90. The molecule has 0 bridgehead atoms. The molecule has 2 aromatic rings. The number of hydrogen-bond donors (Lipinski definition) is 2. The first-order chi connectivity index (χ1) is 12.5. The molecule has 0 radical (unpaired) electrons. The van der Waals surface area contributed by atoms with E-state index in [1.165, 1.54) is 7.11 Å². The summed E-state index contributed by atoms with van der Waals surface area (Å²) >= 11 is 0. The highest BCUT2D eigenvalue weighted by Gasteiger charge is 2.12. The zero-order valence-electron chi connectivity index (χ0n) is 15.3. The van der Waals surface area contributed by atoms with Crippen LogP contribution in [0, 0.1) is 13.8 Å². The molecule has 0 aliphatic rings. The molecule has 0 aromatic heterocycles. The highest BCUT2D eigenvalue weighted by Crippen LogP contribution is 2.22. The number of nitrogens with one attached hydrogen (secondary N) is 2. The Hall–Kier alpha value is -3.02. The van der Waals surface area contributed by atoms with E-state index in [2.05, 4.69) is 10.6 Å². The summed E-state index contributed by atoms with van der Waals surface area (Å²) in [7, 11) is 1.30. The first-order valence-corrected chi connectivity index (χ1v) is 8.44. The van der Waals surface area contributed by atoms with Gasteiger partial charge in [-0.05, 0) is 43.5 Å². The normalized spacial score (nSPS) is 10.1. The second-order valence-electron chi connectivity index (χ2n) is 5.84. The minimum Gasteiger partial charge on any atom is -0.493 e. The van der Waals surface area contributed by atoms with Crippen LogP contribution in [-0.2, 0) is 4.74 Å². The van der Waals surface area contributed by atoms with Crippen LogP contribution in [0.25, 0.3) is 0 Å². The number of carbonyl (C=O) groups is 2. The Bertz CT molecular complexity index is 754. The third kappa shape index (κ3) is 5.24. The highest BCUT2D eigenvalue weighted by atomic mass is 16.5. The molecular weight excluding hydrogens is 332 g/mol. The molecular formula is C20H24N2O4. The second-order valence-corrected chi connectivity index (χ2v) is 5.84. The van der Waals surface area contributed by atoms with Crippen LogP contribution in [0.1, 0.15) is 27.9 Å². The van der Waals surface area contributed by atoms with Crippen molar-refractivity contribution in [3.05, 3.63) is 59.2 Å². The Labute approximate surface area is 153 Å². The molecule has 6 nitrogen and oxygen atoms in total. The van der Waals surface area contributed by atoms with Gasteiger partial charge in [-0.1, -0.05) is 30.3 Å². The number of aryl methyl sites for hydroxylation is 2. The average Bonchev–Trinajstić information content (AvgIpc) is 2.63. The first kappa shape index (κ1) is 19.3. The molecule has 6 heteroatoms. The fourth-order valence-electron chi connectivity index (χ4n) is 2.52. The second kappa shape index (κ2) is 9.46. The first-order valence-electron chi connectivity index (χ1n) is 8.44. The number of benzene rings is 2. The number of urea groups is 1. The van der Waals surface area contributed by atoms with E-state index < -0.39 is 5.97 Å². The number of rotatable bonds is 7. The molecule has 26 heavy (non-hydrogen) atoms. The van der Waals surface area contributed by atoms with E-state index in [4.69, 9.17) is 9.47 Å². The minimum absolute atomic E-state index is 0.309. The number of amides is 2. The van der Waals surface area contributed by atoms with Crippen molar-refractivity contribution < 1.29 is 19.1 Å². The smallest absolute Gasteiger partial charge is 0.339 e. The summed E-state index contributed by atoms with van der Waals surface area (Å²) in [6, 6.07) is 12.3. The lowest BCUT2D eigenvalue weighted by Crippen LogP contribution is -2.31. The van der Waals surface area contributed by atoms with Crippen molar-refractivity contribution in [1.29, 1.82) is 0 Å². The predicted molar refractivity (Wildman–Crippen MR) is 101 cm³/mol. The van der Waals surface area contributed by atoms with Gasteiger partial charge in [0.25, 0.3) is 0 Å². The summed E-state index contributed by atoms with van der Waals surface area (Å²) in [5.74, 6) is 0.395. The standard InChI is InChI=1S/C20H24N2O4/c1-14-8-6-9-15(2)18(14)26-13-7-12-21-20(24)22-17-11-5-4-10-16(17)19(23)25-3/h4-6,8-11H,7,12-13H2,1-3H3,(H2,21,22,24). The molecule has 0 atom stereocenters. The maximum Gasteiger partial charge on any atom is 0.339 e. The van der Waals surface area contributed by atoms with E-state index in [1.54, 1.807) is 24.3 Å². The minimum atomic E-state index is -0.497. The summed E-state index contributed by atoms with van der Waals surface area (Å²) in [6.07, 6.45) is 0.667. The molecule has 0 unspecified atom stereocenters. The van der Waals surface area contributed by atoms with Gasteiger partial charge in [0.15, 0.2) is 0 Å². The Morgan fingerprint density at radius 2 is 1.69 bits per heavy atom. The molecule has 0 fully saturated rings.